The second kappa shape index (κ2) is 5.85. The number of thiophene rings is 1. The number of hydrogen-bond acceptors (Lipinski definition) is 2. The molecule has 1 unspecified atom stereocenters. The smallest absolute Gasteiger partial charge is 0.123 e. The van der Waals surface area contributed by atoms with Crippen molar-refractivity contribution in [1.82, 2.24) is 0 Å². The molecule has 0 amide bonds. The molecule has 0 fully saturated rings. The molecule has 1 N–H and O–H groups in total. The van der Waals surface area contributed by atoms with Gasteiger partial charge in [-0.1, -0.05) is 26.0 Å². The van der Waals surface area contributed by atoms with Gasteiger partial charge in [0.1, 0.15) is 5.82 Å². The second-order valence-electron chi connectivity index (χ2n) is 4.79. The lowest BCUT2D eigenvalue weighted by Gasteiger charge is -2.27. The van der Waals surface area contributed by atoms with Crippen LogP contribution in [0.2, 0.25) is 0 Å². The van der Waals surface area contributed by atoms with Crippen LogP contribution >= 0.6 is 11.3 Å². The Bertz CT molecular complexity index is 549. The third-order valence-electron chi connectivity index (χ3n) is 3.48. The summed E-state index contributed by atoms with van der Waals surface area (Å²) in [4.78, 5) is 2.46. The zero-order valence-corrected chi connectivity index (χ0v) is 12.1. The van der Waals surface area contributed by atoms with Crippen LogP contribution in [0.1, 0.15) is 35.6 Å². The maximum Gasteiger partial charge on any atom is 0.123 e. The second-order valence-corrected chi connectivity index (χ2v) is 6.05. The van der Waals surface area contributed by atoms with Gasteiger partial charge in [-0.25, -0.2) is 4.39 Å². The van der Waals surface area contributed by atoms with Crippen molar-refractivity contribution in [3.63, 3.8) is 0 Å². The van der Waals surface area contributed by atoms with Crippen molar-refractivity contribution in [2.24, 2.45) is 0 Å². The Morgan fingerprint density at radius 3 is 2.47 bits per heavy atom. The lowest BCUT2D eigenvalue weighted by Crippen LogP contribution is -2.27. The van der Waals surface area contributed by atoms with E-state index in [0.717, 1.165) is 11.3 Å². The van der Waals surface area contributed by atoms with Gasteiger partial charge in [-0.15, -0.1) is 11.3 Å². The standard InChI is InChI=1S/C16H19FOS/c1-3-14-8-9-15(19-14)11-16(18,4-2)12-6-5-7-13(17)10-12/h5-10,18H,3-4,11H2,1-2H3. The van der Waals surface area contributed by atoms with Crippen LogP contribution in [0.5, 0.6) is 0 Å². The maximum absolute atomic E-state index is 13.3. The van der Waals surface area contributed by atoms with Crippen LogP contribution in [0.25, 0.3) is 0 Å². The molecule has 0 aliphatic rings. The fourth-order valence-electron chi connectivity index (χ4n) is 2.20. The number of halogens is 1. The summed E-state index contributed by atoms with van der Waals surface area (Å²) in [5.41, 5.74) is -0.334. The Hall–Kier alpha value is -1.19. The number of hydrogen-bond donors (Lipinski definition) is 1. The van der Waals surface area contributed by atoms with E-state index < -0.39 is 5.60 Å². The van der Waals surface area contributed by atoms with Gasteiger partial charge in [0.05, 0.1) is 5.60 Å². The summed E-state index contributed by atoms with van der Waals surface area (Å²) < 4.78 is 13.3. The largest absolute Gasteiger partial charge is 0.385 e. The van der Waals surface area contributed by atoms with Crippen molar-refractivity contribution in [3.8, 4) is 0 Å². The SMILES string of the molecule is CCc1ccc(CC(O)(CC)c2cccc(F)c2)s1. The highest BCUT2D eigenvalue weighted by molar-refractivity contribution is 7.12. The molecule has 0 radical (unpaired) electrons. The molecule has 0 bridgehead atoms. The first-order chi connectivity index (χ1) is 9.07. The zero-order chi connectivity index (χ0) is 13.9. The van der Waals surface area contributed by atoms with Crippen molar-refractivity contribution in [1.29, 1.82) is 0 Å². The minimum atomic E-state index is -0.988. The molecule has 1 aromatic carbocycles. The van der Waals surface area contributed by atoms with Crippen LogP contribution in [0.15, 0.2) is 36.4 Å². The predicted molar refractivity (Wildman–Crippen MR) is 78.0 cm³/mol. The van der Waals surface area contributed by atoms with Crippen LogP contribution in [0.4, 0.5) is 4.39 Å². The van der Waals surface area contributed by atoms with E-state index in [0.29, 0.717) is 18.4 Å². The summed E-state index contributed by atoms with van der Waals surface area (Å²) in [5.74, 6) is -0.301. The third kappa shape index (κ3) is 3.23. The minimum Gasteiger partial charge on any atom is -0.385 e. The molecule has 0 aliphatic heterocycles. The highest BCUT2D eigenvalue weighted by atomic mass is 32.1. The monoisotopic (exact) mass is 278 g/mol. The molecule has 102 valence electrons. The molecular formula is C16H19FOS. The van der Waals surface area contributed by atoms with Gasteiger partial charge in [-0.3, -0.25) is 0 Å². The van der Waals surface area contributed by atoms with Gasteiger partial charge in [0.25, 0.3) is 0 Å². The van der Waals surface area contributed by atoms with Gasteiger partial charge in [0, 0.05) is 16.2 Å². The van der Waals surface area contributed by atoms with Crippen molar-refractivity contribution >= 4 is 11.3 Å². The van der Waals surface area contributed by atoms with Crippen molar-refractivity contribution < 1.29 is 9.50 Å². The fourth-order valence-corrected chi connectivity index (χ4v) is 3.27. The molecule has 1 atom stereocenters. The Kier molecular flexibility index (Phi) is 4.38. The minimum absolute atomic E-state index is 0.301. The molecule has 2 rings (SSSR count). The maximum atomic E-state index is 13.3. The van der Waals surface area contributed by atoms with E-state index in [2.05, 4.69) is 19.1 Å². The van der Waals surface area contributed by atoms with Crippen LogP contribution < -0.4 is 0 Å². The Balaban J connectivity index is 2.27. The number of aryl methyl sites for hydroxylation is 1. The Morgan fingerprint density at radius 2 is 1.89 bits per heavy atom. The van der Waals surface area contributed by atoms with Crippen LogP contribution in [-0.4, -0.2) is 5.11 Å². The first-order valence-corrected chi connectivity index (χ1v) is 7.45. The van der Waals surface area contributed by atoms with Gasteiger partial charge in [0.15, 0.2) is 0 Å². The molecule has 0 saturated carbocycles. The topological polar surface area (TPSA) is 20.2 Å². The van der Waals surface area contributed by atoms with Crippen molar-refractivity contribution in [2.45, 2.75) is 38.7 Å². The lowest BCUT2D eigenvalue weighted by atomic mass is 9.87. The average molecular weight is 278 g/mol. The summed E-state index contributed by atoms with van der Waals surface area (Å²) in [7, 11) is 0. The molecule has 0 aliphatic carbocycles. The van der Waals surface area contributed by atoms with Gasteiger partial charge in [-0.05, 0) is 42.7 Å². The molecular weight excluding hydrogens is 259 g/mol. The van der Waals surface area contributed by atoms with E-state index >= 15 is 0 Å². The first kappa shape index (κ1) is 14.2. The fraction of sp³-hybridized carbons (Fsp3) is 0.375. The normalized spacial score (nSPS) is 14.3. The molecule has 3 heteroatoms. The lowest BCUT2D eigenvalue weighted by molar-refractivity contribution is 0.0332. The van der Waals surface area contributed by atoms with E-state index in [4.69, 9.17) is 0 Å². The predicted octanol–water partition coefficient (Wildman–Crippen LogP) is 4.29. The van der Waals surface area contributed by atoms with E-state index in [9.17, 15) is 9.50 Å². The highest BCUT2D eigenvalue weighted by Crippen LogP contribution is 2.32. The van der Waals surface area contributed by atoms with Crippen LogP contribution in [0, 0.1) is 5.82 Å². The first-order valence-electron chi connectivity index (χ1n) is 6.63. The Morgan fingerprint density at radius 1 is 1.16 bits per heavy atom. The molecule has 0 saturated heterocycles. The van der Waals surface area contributed by atoms with Gasteiger partial charge >= 0.3 is 0 Å². The van der Waals surface area contributed by atoms with Crippen molar-refractivity contribution in [3.05, 3.63) is 57.5 Å². The summed E-state index contributed by atoms with van der Waals surface area (Å²) >= 11 is 1.72. The van der Waals surface area contributed by atoms with Crippen LogP contribution in [-0.2, 0) is 18.4 Å². The number of aliphatic hydroxyl groups is 1. The van der Waals surface area contributed by atoms with E-state index in [1.54, 1.807) is 23.5 Å². The van der Waals surface area contributed by atoms with Gasteiger partial charge in [-0.2, -0.15) is 0 Å². The molecule has 1 nitrogen and oxygen atoms in total. The molecule has 0 spiro atoms. The molecule has 19 heavy (non-hydrogen) atoms. The van der Waals surface area contributed by atoms with Gasteiger partial charge in [0.2, 0.25) is 0 Å². The molecule has 1 aromatic heterocycles. The van der Waals surface area contributed by atoms with Crippen LogP contribution in [0.3, 0.4) is 0 Å². The average Bonchev–Trinajstić information content (AvgIpc) is 2.86. The Labute approximate surface area is 117 Å². The van der Waals surface area contributed by atoms with Gasteiger partial charge < -0.3 is 5.11 Å². The number of rotatable bonds is 5. The molecule has 1 heterocycles. The summed E-state index contributed by atoms with van der Waals surface area (Å²) in [6.45, 7) is 4.05. The number of benzene rings is 1. The summed E-state index contributed by atoms with van der Waals surface area (Å²) in [6.07, 6.45) is 2.11. The van der Waals surface area contributed by atoms with E-state index in [-0.39, 0.29) is 5.82 Å². The quantitative estimate of drug-likeness (QED) is 0.865. The summed E-state index contributed by atoms with van der Waals surface area (Å²) in [6, 6.07) is 10.4. The van der Waals surface area contributed by atoms with Crippen molar-refractivity contribution in [2.75, 3.05) is 0 Å². The third-order valence-corrected chi connectivity index (χ3v) is 4.71. The summed E-state index contributed by atoms with van der Waals surface area (Å²) in [5, 5.41) is 10.8. The zero-order valence-electron chi connectivity index (χ0n) is 11.3. The van der Waals surface area contributed by atoms with E-state index in [1.807, 2.05) is 6.92 Å². The van der Waals surface area contributed by atoms with E-state index in [1.165, 1.54) is 17.0 Å². The molecule has 2 aromatic rings. The highest BCUT2D eigenvalue weighted by Gasteiger charge is 2.28.